The lowest BCUT2D eigenvalue weighted by Gasteiger charge is -2.45. The topological polar surface area (TPSA) is 68.2 Å². The van der Waals surface area contributed by atoms with Crippen LogP contribution in [0.2, 0.25) is 5.02 Å². The number of benzene rings is 2. The first-order valence-corrected chi connectivity index (χ1v) is 16.5. The number of carbonyl (C=O) groups is 1. The number of methoxy groups -OCH3 is 1. The van der Waals surface area contributed by atoms with E-state index < -0.39 is 16.5 Å². The van der Waals surface area contributed by atoms with Gasteiger partial charge < -0.3 is 22.9 Å². The molecule has 6 nitrogen and oxygen atoms in total. The molecule has 2 aliphatic carbocycles. The molecule has 1 fully saturated rings. The zero-order valence-electron chi connectivity index (χ0n) is 24.4. The van der Waals surface area contributed by atoms with Crippen LogP contribution < -0.4 is 9.64 Å². The van der Waals surface area contributed by atoms with Crippen molar-refractivity contribution < 1.29 is 18.5 Å². The minimum absolute atomic E-state index is 0.148. The fourth-order valence-electron chi connectivity index (χ4n) is 6.92. The lowest BCUT2D eigenvalue weighted by Crippen LogP contribution is -2.49. The fourth-order valence-corrected chi connectivity index (χ4v) is 8.11. The van der Waals surface area contributed by atoms with E-state index in [-0.39, 0.29) is 17.4 Å². The van der Waals surface area contributed by atoms with E-state index in [4.69, 9.17) is 21.1 Å². The second kappa shape index (κ2) is 12.9. The van der Waals surface area contributed by atoms with Crippen LogP contribution in [0.3, 0.4) is 0 Å². The van der Waals surface area contributed by atoms with E-state index in [2.05, 4.69) is 34.9 Å². The number of allylic oxidation sites excluding steroid dienone is 1. The molecule has 5 rings (SSSR count). The highest BCUT2D eigenvalue weighted by atomic mass is 35.5. The standard InChI is InChI=1S/C33H42ClN2O4S/c1-5-7-22(2)19-41(38)35-32(37)25-10-14-31-30(17-25)36(18-26-9-12-28(26)23(3)39-4)20-33(21-40-31)15-6-8-24-16-27(34)11-13-29(24)33/h5,10-11,13-14,16-17,22-23,26,28H,1,6-9,12,15,18-21H2,2-4H3/q-1/t22-,23-,26-,28-,33-/m0/s1. The van der Waals surface area contributed by atoms with Gasteiger partial charge in [0, 0.05) is 36.2 Å². The Balaban J connectivity index is 1.49. The predicted molar refractivity (Wildman–Crippen MR) is 167 cm³/mol. The van der Waals surface area contributed by atoms with Crippen LogP contribution in [0.1, 0.15) is 67.4 Å². The van der Waals surface area contributed by atoms with Crippen molar-refractivity contribution in [2.75, 3.05) is 37.5 Å². The Hall–Kier alpha value is -2.35. The van der Waals surface area contributed by atoms with E-state index in [0.29, 0.717) is 29.8 Å². The van der Waals surface area contributed by atoms with Crippen molar-refractivity contribution in [1.82, 2.24) is 0 Å². The number of anilines is 1. The summed E-state index contributed by atoms with van der Waals surface area (Å²) in [6, 6.07) is 11.8. The Labute approximate surface area is 251 Å². The number of rotatable bonds is 9. The third kappa shape index (κ3) is 6.52. The van der Waals surface area contributed by atoms with Gasteiger partial charge in [0.15, 0.2) is 0 Å². The van der Waals surface area contributed by atoms with Gasteiger partial charge in [-0.05, 0) is 98.7 Å². The number of amides is 1. The van der Waals surface area contributed by atoms with Gasteiger partial charge in [0.05, 0.1) is 18.4 Å². The molecule has 0 saturated heterocycles. The Morgan fingerprint density at radius 3 is 2.85 bits per heavy atom. The number of nitrogens with zero attached hydrogens (tertiary/aromatic N) is 2. The zero-order chi connectivity index (χ0) is 29.1. The molecule has 3 aliphatic rings. The number of hydrogen-bond acceptors (Lipinski definition) is 6. The normalized spacial score (nSPS) is 25.7. The first kappa shape index (κ1) is 30.1. The van der Waals surface area contributed by atoms with Crippen molar-refractivity contribution in [3.63, 3.8) is 0 Å². The second-order valence-corrected chi connectivity index (χ2v) is 13.8. The molecule has 1 aliphatic heterocycles. The van der Waals surface area contributed by atoms with Gasteiger partial charge in [-0.1, -0.05) is 42.3 Å². The highest BCUT2D eigenvalue weighted by Gasteiger charge is 2.44. The summed E-state index contributed by atoms with van der Waals surface area (Å²) < 4.78 is 28.9. The number of fused-ring (bicyclic) bond motifs is 3. The molecule has 0 N–H and O–H groups in total. The van der Waals surface area contributed by atoms with Crippen LogP contribution in [0.15, 0.2) is 53.4 Å². The molecule has 2 aromatic carbocycles. The summed E-state index contributed by atoms with van der Waals surface area (Å²) in [4.78, 5) is 15.6. The van der Waals surface area contributed by atoms with E-state index in [9.17, 15) is 9.00 Å². The maximum absolute atomic E-state index is 13.2. The molecule has 0 radical (unpaired) electrons. The Kier molecular flexibility index (Phi) is 9.47. The fraction of sp³-hybridized carbons (Fsp3) is 0.545. The smallest absolute Gasteiger partial charge is 0.254 e. The van der Waals surface area contributed by atoms with E-state index in [1.807, 2.05) is 25.1 Å². The first-order chi connectivity index (χ1) is 19.7. The summed E-state index contributed by atoms with van der Waals surface area (Å²) in [6.45, 7) is 10.1. The number of halogens is 1. The maximum Gasteiger partial charge on any atom is 0.254 e. The molecule has 0 aromatic heterocycles. The van der Waals surface area contributed by atoms with Gasteiger partial charge in [0.25, 0.3) is 5.91 Å². The molecule has 0 unspecified atom stereocenters. The zero-order valence-corrected chi connectivity index (χ0v) is 26.0. The van der Waals surface area contributed by atoms with Crippen molar-refractivity contribution in [2.24, 2.45) is 22.1 Å². The van der Waals surface area contributed by atoms with Gasteiger partial charge in [-0.2, -0.15) is 10.6 Å². The van der Waals surface area contributed by atoms with E-state index in [0.717, 1.165) is 68.1 Å². The SMILES string of the molecule is C=CC[C@H](C)C[S-](=O)=NC(=O)c1ccc2c(c1)N(C[C@@H]1CC[C@H]1[C@H](C)OC)C[C@@]1(CCCc3cc(Cl)ccc31)CO2. The summed E-state index contributed by atoms with van der Waals surface area (Å²) in [5.41, 5.74) is 3.78. The molecule has 222 valence electrons. The highest BCUT2D eigenvalue weighted by molar-refractivity contribution is 7.75. The second-order valence-electron chi connectivity index (χ2n) is 12.2. The van der Waals surface area contributed by atoms with Gasteiger partial charge >= 0.3 is 0 Å². The summed E-state index contributed by atoms with van der Waals surface area (Å²) in [5.74, 6) is 1.80. The van der Waals surface area contributed by atoms with Gasteiger partial charge in [-0.15, -0.1) is 6.58 Å². The van der Waals surface area contributed by atoms with Crippen molar-refractivity contribution in [3.8, 4) is 5.75 Å². The molecule has 1 saturated carbocycles. The third-order valence-corrected chi connectivity index (χ3v) is 10.8. The molecule has 1 spiro atoms. The number of carbonyl (C=O) groups excluding carboxylic acids is 1. The molecule has 2 aromatic rings. The largest absolute Gasteiger partial charge is 0.490 e. The predicted octanol–water partition coefficient (Wildman–Crippen LogP) is 7.37. The third-order valence-electron chi connectivity index (χ3n) is 9.37. The van der Waals surface area contributed by atoms with Gasteiger partial charge in [0.2, 0.25) is 0 Å². The lowest BCUT2D eigenvalue weighted by molar-refractivity contribution is -0.00436. The molecule has 1 amide bonds. The lowest BCUT2D eigenvalue weighted by atomic mass is 9.68. The summed E-state index contributed by atoms with van der Waals surface area (Å²) in [6.07, 6.45) is 8.18. The molecular formula is C33H42ClN2O4S-. The van der Waals surface area contributed by atoms with Crippen LogP contribution in [0.5, 0.6) is 5.75 Å². The average molecular weight is 598 g/mol. The van der Waals surface area contributed by atoms with Crippen LogP contribution >= 0.6 is 11.6 Å². The summed E-state index contributed by atoms with van der Waals surface area (Å²) in [7, 11) is 0.203. The van der Waals surface area contributed by atoms with Crippen LogP contribution in [-0.2, 0) is 31.4 Å². The Bertz CT molecular complexity index is 1370. The Morgan fingerprint density at radius 1 is 1.29 bits per heavy atom. The van der Waals surface area contributed by atoms with Crippen LogP contribution in [0.25, 0.3) is 0 Å². The molecule has 1 heterocycles. The maximum atomic E-state index is 13.2. The van der Waals surface area contributed by atoms with Gasteiger partial charge in [-0.25, -0.2) is 0 Å². The van der Waals surface area contributed by atoms with Crippen molar-refractivity contribution in [2.45, 2.75) is 63.9 Å². The number of ether oxygens (including phenoxy) is 2. The Morgan fingerprint density at radius 2 is 2.12 bits per heavy atom. The quantitative estimate of drug-likeness (QED) is 0.223. The van der Waals surface area contributed by atoms with Crippen LogP contribution in [-0.4, -0.2) is 44.6 Å². The summed E-state index contributed by atoms with van der Waals surface area (Å²) >= 11 is 6.40. The molecule has 8 heteroatoms. The highest BCUT2D eigenvalue weighted by Crippen LogP contribution is 2.46. The van der Waals surface area contributed by atoms with Crippen LogP contribution in [0.4, 0.5) is 5.69 Å². The number of hydrogen-bond donors (Lipinski definition) is 0. The minimum Gasteiger partial charge on any atom is -0.490 e. The molecule has 5 atom stereocenters. The van der Waals surface area contributed by atoms with Crippen molar-refractivity contribution in [1.29, 1.82) is 0 Å². The first-order valence-electron chi connectivity index (χ1n) is 14.8. The molecule has 41 heavy (non-hydrogen) atoms. The number of aryl methyl sites for hydroxylation is 1. The van der Waals surface area contributed by atoms with Gasteiger partial charge in [-0.3, -0.25) is 4.79 Å². The minimum atomic E-state index is -1.59. The van der Waals surface area contributed by atoms with E-state index in [1.165, 1.54) is 11.1 Å². The van der Waals surface area contributed by atoms with Crippen LogP contribution in [0, 0.1) is 17.8 Å². The van der Waals surface area contributed by atoms with Crippen molar-refractivity contribution in [3.05, 3.63) is 70.8 Å². The van der Waals surface area contributed by atoms with E-state index in [1.54, 1.807) is 19.3 Å². The molecule has 0 bridgehead atoms. The summed E-state index contributed by atoms with van der Waals surface area (Å²) in [5, 5.41) is 0.768. The van der Waals surface area contributed by atoms with E-state index >= 15 is 0 Å². The van der Waals surface area contributed by atoms with Crippen molar-refractivity contribution >= 4 is 33.8 Å². The van der Waals surface area contributed by atoms with Gasteiger partial charge in [0.1, 0.15) is 5.75 Å². The average Bonchev–Trinajstić information content (AvgIpc) is 3.07. The molecular weight excluding hydrogens is 556 g/mol. The monoisotopic (exact) mass is 597 g/mol.